The molecule has 3 N–H and O–H groups in total. The van der Waals surface area contributed by atoms with Crippen molar-refractivity contribution < 1.29 is 23.6 Å². The second-order valence-electron chi connectivity index (χ2n) is 5.30. The zero-order chi connectivity index (χ0) is 17.7. The third-order valence-electron chi connectivity index (χ3n) is 3.56. The first-order valence-corrected chi connectivity index (χ1v) is 8.11. The molecule has 0 heterocycles. The number of rotatable bonds is 6. The largest absolute Gasteiger partial charge is 0.496 e. The molecule has 0 radical (unpaired) electrons. The summed E-state index contributed by atoms with van der Waals surface area (Å²) in [5, 5.41) is 4.39. The van der Waals surface area contributed by atoms with Crippen LogP contribution >= 0.6 is 15.9 Å². The number of ether oxygens (including phenoxy) is 1. The Bertz CT molecular complexity index is 741. The molecule has 0 fully saturated rings. The molecule has 2 aromatic carbocycles. The molecule has 24 heavy (non-hydrogen) atoms. The topological polar surface area (TPSA) is 54.9 Å². The summed E-state index contributed by atoms with van der Waals surface area (Å²) >= 11 is 3.43. The van der Waals surface area contributed by atoms with Crippen LogP contribution in [0.25, 0.3) is 0 Å². The quantitative estimate of drug-likeness (QED) is 0.784. The Morgan fingerprint density at radius 2 is 2.00 bits per heavy atom. The first-order valence-electron chi connectivity index (χ1n) is 7.32. The molecule has 0 saturated heterocycles. The molecule has 2 aromatic rings. The van der Waals surface area contributed by atoms with E-state index >= 15 is 0 Å². The van der Waals surface area contributed by atoms with E-state index in [0.717, 1.165) is 27.9 Å². The van der Waals surface area contributed by atoms with Gasteiger partial charge >= 0.3 is 0 Å². The third kappa shape index (κ3) is 4.75. The number of carbonyl (C=O) groups is 1. The molecule has 4 nitrogen and oxygen atoms in total. The molecule has 1 atom stereocenters. The minimum atomic E-state index is -0.992. The van der Waals surface area contributed by atoms with Crippen LogP contribution in [0.15, 0.2) is 40.9 Å². The zero-order valence-electron chi connectivity index (χ0n) is 13.3. The molecule has 0 saturated carbocycles. The highest BCUT2D eigenvalue weighted by Crippen LogP contribution is 2.27. The smallest absolute Gasteiger partial charge is 0.279 e. The maximum absolute atomic E-state index is 13.1. The monoisotopic (exact) mass is 399 g/mol. The fraction of sp³-hybridized carbons (Fsp3) is 0.235. The van der Waals surface area contributed by atoms with Crippen molar-refractivity contribution in [2.45, 2.75) is 13.0 Å². The summed E-state index contributed by atoms with van der Waals surface area (Å²) in [6.07, 6.45) is 0. The molecule has 0 aliphatic rings. The van der Waals surface area contributed by atoms with Gasteiger partial charge in [-0.15, -0.1) is 0 Å². The van der Waals surface area contributed by atoms with E-state index in [1.807, 2.05) is 30.4 Å². The van der Waals surface area contributed by atoms with Crippen molar-refractivity contribution in [2.24, 2.45) is 0 Å². The van der Waals surface area contributed by atoms with Gasteiger partial charge in [-0.25, -0.2) is 8.78 Å². The highest BCUT2D eigenvalue weighted by Gasteiger charge is 2.14. The second kappa shape index (κ2) is 8.21. The second-order valence-corrected chi connectivity index (χ2v) is 6.15. The summed E-state index contributed by atoms with van der Waals surface area (Å²) in [7, 11) is 1.60. The van der Waals surface area contributed by atoms with Gasteiger partial charge in [0.1, 0.15) is 11.8 Å². The number of quaternary nitrogens is 1. The van der Waals surface area contributed by atoms with Gasteiger partial charge in [0, 0.05) is 17.3 Å². The number of carbonyl (C=O) groups excluding carboxylic acids is 1. The maximum Gasteiger partial charge on any atom is 0.279 e. The van der Waals surface area contributed by atoms with E-state index < -0.39 is 11.6 Å². The molecule has 1 amide bonds. The summed E-state index contributed by atoms with van der Waals surface area (Å²) in [6.45, 7) is 2.13. The fourth-order valence-corrected chi connectivity index (χ4v) is 2.73. The van der Waals surface area contributed by atoms with Crippen molar-refractivity contribution >= 4 is 27.5 Å². The summed E-state index contributed by atoms with van der Waals surface area (Å²) in [6, 6.07) is 9.02. The van der Waals surface area contributed by atoms with Crippen molar-refractivity contribution in [1.82, 2.24) is 0 Å². The van der Waals surface area contributed by atoms with Gasteiger partial charge in [0.2, 0.25) is 0 Å². The average molecular weight is 400 g/mol. The van der Waals surface area contributed by atoms with Gasteiger partial charge in [-0.3, -0.25) is 4.79 Å². The fourth-order valence-electron chi connectivity index (χ4n) is 2.17. The molecule has 128 valence electrons. The van der Waals surface area contributed by atoms with Crippen molar-refractivity contribution in [1.29, 1.82) is 0 Å². The van der Waals surface area contributed by atoms with Crippen LogP contribution in [0.5, 0.6) is 5.75 Å². The highest BCUT2D eigenvalue weighted by atomic mass is 79.9. The first-order chi connectivity index (χ1) is 11.4. The Hall–Kier alpha value is -1.99. The van der Waals surface area contributed by atoms with Gasteiger partial charge in [-0.05, 0) is 53.2 Å². The normalized spacial score (nSPS) is 11.9. The summed E-state index contributed by atoms with van der Waals surface area (Å²) in [4.78, 5) is 11.9. The molecule has 0 aromatic heterocycles. The predicted octanol–water partition coefficient (Wildman–Crippen LogP) is 3.00. The minimum Gasteiger partial charge on any atom is -0.496 e. The average Bonchev–Trinajstić information content (AvgIpc) is 2.56. The summed E-state index contributed by atoms with van der Waals surface area (Å²) in [5.74, 6) is -1.49. The maximum atomic E-state index is 13.1. The van der Waals surface area contributed by atoms with E-state index in [4.69, 9.17) is 4.74 Å². The number of hydrogen-bond acceptors (Lipinski definition) is 2. The highest BCUT2D eigenvalue weighted by molar-refractivity contribution is 9.10. The number of methoxy groups -OCH3 is 1. The number of benzene rings is 2. The number of halogens is 3. The third-order valence-corrected chi connectivity index (χ3v) is 4.18. The Morgan fingerprint density at radius 3 is 2.62 bits per heavy atom. The van der Waals surface area contributed by atoms with Gasteiger partial charge < -0.3 is 15.4 Å². The first kappa shape index (κ1) is 18.4. The van der Waals surface area contributed by atoms with E-state index in [1.165, 1.54) is 6.07 Å². The van der Waals surface area contributed by atoms with Crippen LogP contribution in [0.3, 0.4) is 0 Å². The van der Waals surface area contributed by atoms with E-state index in [0.29, 0.717) is 0 Å². The van der Waals surface area contributed by atoms with Gasteiger partial charge in [-0.1, -0.05) is 0 Å². The standard InChI is InChI=1S/C17H17BrF2N2O2/c1-10(11-3-6-16(24-2)13(18)7-11)21-9-17(23)22-12-4-5-14(19)15(20)8-12/h3-8,10,21H,9H2,1-2H3,(H,22,23)/p+1/t10-/m1/s1. The van der Waals surface area contributed by atoms with Gasteiger partial charge in [0.25, 0.3) is 5.91 Å². The molecule has 0 bridgehead atoms. The van der Waals surface area contributed by atoms with Crippen molar-refractivity contribution in [3.05, 3.63) is 58.1 Å². The van der Waals surface area contributed by atoms with E-state index in [1.54, 1.807) is 7.11 Å². The molecule has 0 aliphatic heterocycles. The molecular weight excluding hydrogens is 382 g/mol. The van der Waals surface area contributed by atoms with Crippen LogP contribution in [-0.4, -0.2) is 19.6 Å². The van der Waals surface area contributed by atoms with Crippen LogP contribution in [0.4, 0.5) is 14.5 Å². The van der Waals surface area contributed by atoms with Crippen LogP contribution < -0.4 is 15.4 Å². The number of amides is 1. The Kier molecular flexibility index (Phi) is 6.28. The lowest BCUT2D eigenvalue weighted by molar-refractivity contribution is -0.682. The Labute approximate surface area is 147 Å². The van der Waals surface area contributed by atoms with E-state index in [9.17, 15) is 13.6 Å². The summed E-state index contributed by atoms with van der Waals surface area (Å²) in [5.41, 5.74) is 1.26. The van der Waals surface area contributed by atoms with E-state index in [2.05, 4.69) is 21.2 Å². The lowest BCUT2D eigenvalue weighted by Gasteiger charge is -2.13. The van der Waals surface area contributed by atoms with Crippen LogP contribution in [0, 0.1) is 11.6 Å². The van der Waals surface area contributed by atoms with Crippen molar-refractivity contribution in [3.63, 3.8) is 0 Å². The van der Waals surface area contributed by atoms with Crippen molar-refractivity contribution in [2.75, 3.05) is 19.0 Å². The lowest BCUT2D eigenvalue weighted by atomic mass is 10.1. The number of nitrogens with two attached hydrogens (primary N) is 1. The Morgan fingerprint density at radius 1 is 1.25 bits per heavy atom. The summed E-state index contributed by atoms with van der Waals surface area (Å²) < 4.78 is 32.0. The van der Waals surface area contributed by atoms with Crippen LogP contribution in [0.2, 0.25) is 0 Å². The molecule has 2 rings (SSSR count). The molecule has 0 spiro atoms. The van der Waals surface area contributed by atoms with Gasteiger partial charge in [-0.2, -0.15) is 0 Å². The zero-order valence-corrected chi connectivity index (χ0v) is 14.9. The van der Waals surface area contributed by atoms with Crippen LogP contribution in [0.1, 0.15) is 18.5 Å². The van der Waals surface area contributed by atoms with Crippen molar-refractivity contribution in [3.8, 4) is 5.75 Å². The number of hydrogen-bond donors (Lipinski definition) is 2. The molecular formula is C17H18BrF2N2O2+. The van der Waals surface area contributed by atoms with E-state index in [-0.39, 0.29) is 24.2 Å². The molecule has 7 heteroatoms. The molecule has 0 aliphatic carbocycles. The number of nitrogens with one attached hydrogen (secondary N) is 1. The van der Waals surface area contributed by atoms with Gasteiger partial charge in [0.15, 0.2) is 18.2 Å². The predicted molar refractivity (Wildman–Crippen MR) is 90.9 cm³/mol. The number of anilines is 1. The minimum absolute atomic E-state index is 0.0444. The SMILES string of the molecule is COc1ccc([C@@H](C)[NH2+]CC(=O)Nc2ccc(F)c(F)c2)cc1Br. The lowest BCUT2D eigenvalue weighted by Crippen LogP contribution is -2.86. The van der Waals surface area contributed by atoms with Crippen LogP contribution in [-0.2, 0) is 4.79 Å². The Balaban J connectivity index is 1.90. The van der Waals surface area contributed by atoms with Gasteiger partial charge in [0.05, 0.1) is 11.6 Å². The molecule has 0 unspecified atom stereocenters.